The number of hydrogen-bond acceptors (Lipinski definition) is 3. The molecule has 0 atom stereocenters. The number of hydrogen-bond donors (Lipinski definition) is 1. The molecule has 3 nitrogen and oxygen atoms in total. The average molecular weight is 150 g/mol. The monoisotopic (exact) mass is 150 g/mol. The van der Waals surface area contributed by atoms with Crippen LogP contribution in [-0.4, -0.2) is 18.3 Å². The zero-order valence-corrected chi connectivity index (χ0v) is 6.14. The summed E-state index contributed by atoms with van der Waals surface area (Å²) in [4.78, 5) is 0. The Morgan fingerprint density at radius 3 is 2.55 bits per heavy atom. The molecule has 0 aliphatic carbocycles. The fraction of sp³-hybridized carbons (Fsp3) is 0.250. The molecule has 0 aromatic heterocycles. The molecule has 0 saturated heterocycles. The molecule has 0 spiro atoms. The van der Waals surface area contributed by atoms with E-state index in [1.54, 1.807) is 0 Å². The SMILES string of the molecule is OCC/N=N/c1ccccc1. The van der Waals surface area contributed by atoms with Gasteiger partial charge in [-0.2, -0.15) is 10.2 Å². The topological polar surface area (TPSA) is 45.0 Å². The van der Waals surface area contributed by atoms with Crippen molar-refractivity contribution in [3.8, 4) is 0 Å². The molecular weight excluding hydrogens is 140 g/mol. The van der Waals surface area contributed by atoms with Crippen molar-refractivity contribution in [2.24, 2.45) is 10.2 Å². The van der Waals surface area contributed by atoms with E-state index >= 15 is 0 Å². The smallest absolute Gasteiger partial charge is 0.0852 e. The van der Waals surface area contributed by atoms with Crippen molar-refractivity contribution in [2.45, 2.75) is 0 Å². The Kier molecular flexibility index (Phi) is 3.28. The van der Waals surface area contributed by atoms with E-state index in [4.69, 9.17) is 5.11 Å². The van der Waals surface area contributed by atoms with Gasteiger partial charge in [0.25, 0.3) is 0 Å². The first-order valence-corrected chi connectivity index (χ1v) is 3.47. The first-order chi connectivity index (χ1) is 5.43. The van der Waals surface area contributed by atoms with Gasteiger partial charge in [-0.1, -0.05) is 18.2 Å². The molecule has 1 aromatic rings. The molecule has 58 valence electrons. The van der Waals surface area contributed by atoms with E-state index in [-0.39, 0.29) is 6.61 Å². The molecule has 1 N–H and O–H groups in total. The van der Waals surface area contributed by atoms with Crippen LogP contribution in [-0.2, 0) is 0 Å². The lowest BCUT2D eigenvalue weighted by atomic mass is 10.3. The fourth-order valence-corrected chi connectivity index (χ4v) is 0.671. The van der Waals surface area contributed by atoms with Crippen LogP contribution in [0.1, 0.15) is 0 Å². The average Bonchev–Trinajstić information content (AvgIpc) is 2.07. The van der Waals surface area contributed by atoms with Crippen molar-refractivity contribution in [1.82, 2.24) is 0 Å². The van der Waals surface area contributed by atoms with Gasteiger partial charge in [0.1, 0.15) is 0 Å². The Labute approximate surface area is 65.4 Å². The molecule has 0 saturated carbocycles. The predicted molar refractivity (Wildman–Crippen MR) is 42.9 cm³/mol. The number of rotatable bonds is 3. The third-order valence-corrected chi connectivity index (χ3v) is 1.14. The van der Waals surface area contributed by atoms with E-state index < -0.39 is 0 Å². The molecule has 0 bridgehead atoms. The van der Waals surface area contributed by atoms with Gasteiger partial charge in [0.2, 0.25) is 0 Å². The largest absolute Gasteiger partial charge is 0.394 e. The van der Waals surface area contributed by atoms with Gasteiger partial charge in [-0.05, 0) is 12.1 Å². The Hall–Kier alpha value is -1.22. The molecule has 0 aliphatic rings. The van der Waals surface area contributed by atoms with Gasteiger partial charge in [-0.15, -0.1) is 0 Å². The summed E-state index contributed by atoms with van der Waals surface area (Å²) >= 11 is 0. The molecule has 3 heteroatoms. The summed E-state index contributed by atoms with van der Waals surface area (Å²) in [5.41, 5.74) is 0.820. The lowest BCUT2D eigenvalue weighted by Gasteiger charge is -1.88. The van der Waals surface area contributed by atoms with Crippen molar-refractivity contribution in [3.05, 3.63) is 30.3 Å². The molecule has 11 heavy (non-hydrogen) atoms. The number of benzene rings is 1. The van der Waals surface area contributed by atoms with Crippen LogP contribution in [0.5, 0.6) is 0 Å². The van der Waals surface area contributed by atoms with Gasteiger partial charge >= 0.3 is 0 Å². The van der Waals surface area contributed by atoms with Gasteiger partial charge in [0.15, 0.2) is 0 Å². The molecule has 0 unspecified atom stereocenters. The number of nitrogens with zero attached hydrogens (tertiary/aromatic N) is 2. The summed E-state index contributed by atoms with van der Waals surface area (Å²) in [6.07, 6.45) is 0. The Bertz CT molecular complexity index is 221. The van der Waals surface area contributed by atoms with E-state index in [1.807, 2.05) is 30.3 Å². The van der Waals surface area contributed by atoms with Gasteiger partial charge in [-0.25, -0.2) is 0 Å². The van der Waals surface area contributed by atoms with E-state index in [0.717, 1.165) is 5.69 Å². The Morgan fingerprint density at radius 2 is 1.91 bits per heavy atom. The normalized spacial score (nSPS) is 10.6. The van der Waals surface area contributed by atoms with E-state index in [1.165, 1.54) is 0 Å². The van der Waals surface area contributed by atoms with Crippen molar-refractivity contribution >= 4 is 5.69 Å². The van der Waals surface area contributed by atoms with Crippen LogP contribution in [0.3, 0.4) is 0 Å². The summed E-state index contributed by atoms with van der Waals surface area (Å²) in [6.45, 7) is 0.422. The lowest BCUT2D eigenvalue weighted by molar-refractivity contribution is 0.305. The van der Waals surface area contributed by atoms with Crippen LogP contribution in [0.2, 0.25) is 0 Å². The standard InChI is InChI=1S/C8H10N2O/c11-7-6-9-10-8-4-2-1-3-5-8/h1-5,11H,6-7H2/b10-9+. The summed E-state index contributed by atoms with van der Waals surface area (Å²) < 4.78 is 0. The lowest BCUT2D eigenvalue weighted by Crippen LogP contribution is -1.83. The molecule has 0 aliphatic heterocycles. The van der Waals surface area contributed by atoms with E-state index in [9.17, 15) is 0 Å². The number of azo groups is 1. The van der Waals surface area contributed by atoms with E-state index in [0.29, 0.717) is 6.54 Å². The number of aliphatic hydroxyl groups excluding tert-OH is 1. The van der Waals surface area contributed by atoms with Gasteiger partial charge in [0, 0.05) is 0 Å². The minimum Gasteiger partial charge on any atom is -0.394 e. The van der Waals surface area contributed by atoms with E-state index in [2.05, 4.69) is 10.2 Å². The van der Waals surface area contributed by atoms with Gasteiger partial charge in [0.05, 0.1) is 18.8 Å². The highest BCUT2D eigenvalue weighted by Crippen LogP contribution is 2.09. The second kappa shape index (κ2) is 4.57. The van der Waals surface area contributed by atoms with Crippen molar-refractivity contribution < 1.29 is 5.11 Å². The van der Waals surface area contributed by atoms with Crippen molar-refractivity contribution in [2.75, 3.05) is 13.2 Å². The highest BCUT2D eigenvalue weighted by atomic mass is 16.3. The third-order valence-electron chi connectivity index (χ3n) is 1.14. The van der Waals surface area contributed by atoms with Crippen molar-refractivity contribution in [3.63, 3.8) is 0 Å². The van der Waals surface area contributed by atoms with Crippen LogP contribution >= 0.6 is 0 Å². The maximum atomic E-state index is 8.39. The third kappa shape index (κ3) is 2.91. The predicted octanol–water partition coefficient (Wildman–Crippen LogP) is 1.76. The summed E-state index contributed by atoms with van der Waals surface area (Å²) in [5, 5.41) is 16.0. The maximum Gasteiger partial charge on any atom is 0.0852 e. The summed E-state index contributed by atoms with van der Waals surface area (Å²) in [6, 6.07) is 9.44. The van der Waals surface area contributed by atoms with Crippen LogP contribution in [0.4, 0.5) is 5.69 Å². The quantitative estimate of drug-likeness (QED) is 0.655. The molecule has 1 rings (SSSR count). The highest BCUT2D eigenvalue weighted by Gasteiger charge is 1.82. The zero-order valence-electron chi connectivity index (χ0n) is 6.14. The molecule has 1 aromatic carbocycles. The molecule has 0 amide bonds. The highest BCUT2D eigenvalue weighted by molar-refractivity contribution is 5.34. The summed E-state index contributed by atoms with van der Waals surface area (Å²) in [5.74, 6) is 0. The second-order valence-corrected chi connectivity index (χ2v) is 2.02. The zero-order chi connectivity index (χ0) is 7.94. The minimum absolute atomic E-state index is 0.0519. The minimum atomic E-state index is 0.0519. The molecule has 0 fully saturated rings. The molecule has 0 heterocycles. The fourth-order valence-electron chi connectivity index (χ4n) is 0.671. The summed E-state index contributed by atoms with van der Waals surface area (Å²) in [7, 11) is 0. The van der Waals surface area contributed by atoms with Crippen LogP contribution in [0, 0.1) is 0 Å². The first kappa shape index (κ1) is 7.88. The van der Waals surface area contributed by atoms with Gasteiger partial charge < -0.3 is 5.11 Å². The number of aliphatic hydroxyl groups is 1. The van der Waals surface area contributed by atoms with Crippen LogP contribution in [0.25, 0.3) is 0 Å². The first-order valence-electron chi connectivity index (χ1n) is 3.47. The van der Waals surface area contributed by atoms with Crippen molar-refractivity contribution in [1.29, 1.82) is 0 Å². The maximum absolute atomic E-state index is 8.39. The second-order valence-electron chi connectivity index (χ2n) is 2.02. The van der Waals surface area contributed by atoms with Gasteiger partial charge in [-0.3, -0.25) is 0 Å². The Balaban J connectivity index is 2.50. The molecular formula is C8H10N2O. The molecule has 0 radical (unpaired) electrons. The Morgan fingerprint density at radius 1 is 1.18 bits per heavy atom. The van der Waals surface area contributed by atoms with Crippen LogP contribution in [0.15, 0.2) is 40.6 Å². The van der Waals surface area contributed by atoms with Crippen LogP contribution < -0.4 is 0 Å².